The molecule has 6 nitrogen and oxygen atoms in total. The van der Waals surface area contributed by atoms with Crippen molar-refractivity contribution in [3.8, 4) is 0 Å². The molecule has 1 aromatic carbocycles. The van der Waals surface area contributed by atoms with Crippen LogP contribution in [0.2, 0.25) is 0 Å². The minimum absolute atomic E-state index is 0.120. The smallest absolute Gasteiger partial charge is 0.224 e. The summed E-state index contributed by atoms with van der Waals surface area (Å²) in [4.78, 5) is 26.5. The Bertz CT molecular complexity index is 819. The predicted octanol–water partition coefficient (Wildman–Crippen LogP) is 2.82. The van der Waals surface area contributed by atoms with Gasteiger partial charge in [-0.1, -0.05) is 30.3 Å². The highest BCUT2D eigenvalue weighted by atomic mass is 16.1. The zero-order chi connectivity index (χ0) is 20.8. The fourth-order valence-electron chi connectivity index (χ4n) is 4.82. The van der Waals surface area contributed by atoms with Gasteiger partial charge in [0.2, 0.25) is 5.91 Å². The summed E-state index contributed by atoms with van der Waals surface area (Å²) in [5.41, 5.74) is 2.27. The van der Waals surface area contributed by atoms with Crippen molar-refractivity contribution in [2.75, 3.05) is 37.6 Å². The Kier molecular flexibility index (Phi) is 6.95. The van der Waals surface area contributed by atoms with E-state index in [1.165, 1.54) is 5.56 Å². The summed E-state index contributed by atoms with van der Waals surface area (Å²) in [5.74, 6) is 1.36. The summed E-state index contributed by atoms with van der Waals surface area (Å²) >= 11 is 0. The third-order valence-electron chi connectivity index (χ3n) is 6.52. The van der Waals surface area contributed by atoms with Gasteiger partial charge in [0.1, 0.15) is 5.82 Å². The number of aryl methyl sites for hydroxylation is 1. The standard InChI is InChI=1S/C24H33N5O/c1-19-23(26-14-13-25-19)28-16-10-22(11-17-28)29-15-5-8-21(18-29)24(30)27-12-9-20-6-3-2-4-7-20/h2-4,6-7,13-14,21-22H,5,8-12,15-18H2,1H3,(H,27,30)/t21-/m0/s1. The summed E-state index contributed by atoms with van der Waals surface area (Å²) in [6.07, 6.45) is 8.79. The highest BCUT2D eigenvalue weighted by Gasteiger charge is 2.32. The van der Waals surface area contributed by atoms with E-state index in [9.17, 15) is 4.79 Å². The number of likely N-dealkylation sites (tertiary alicyclic amines) is 1. The van der Waals surface area contributed by atoms with Crippen LogP contribution in [0.5, 0.6) is 0 Å². The molecule has 1 N–H and O–H groups in total. The van der Waals surface area contributed by atoms with E-state index in [1.807, 2.05) is 25.1 Å². The molecule has 2 aliphatic rings. The van der Waals surface area contributed by atoms with E-state index in [0.29, 0.717) is 6.04 Å². The molecular weight excluding hydrogens is 374 g/mol. The molecule has 160 valence electrons. The van der Waals surface area contributed by atoms with Crippen molar-refractivity contribution in [2.45, 2.75) is 45.1 Å². The van der Waals surface area contributed by atoms with Gasteiger partial charge in [0.25, 0.3) is 0 Å². The molecule has 2 fully saturated rings. The van der Waals surface area contributed by atoms with Crippen molar-refractivity contribution in [1.29, 1.82) is 0 Å². The Labute approximate surface area is 179 Å². The fourth-order valence-corrected chi connectivity index (χ4v) is 4.82. The molecule has 4 rings (SSSR count). The van der Waals surface area contributed by atoms with Crippen LogP contribution >= 0.6 is 0 Å². The first-order valence-electron chi connectivity index (χ1n) is 11.3. The van der Waals surface area contributed by atoms with Gasteiger partial charge in [-0.05, 0) is 51.1 Å². The Hall–Kier alpha value is -2.47. The SMILES string of the molecule is Cc1nccnc1N1CCC(N2CCC[C@H](C(=O)NCCc3ccccc3)C2)CC1. The molecule has 0 bridgehead atoms. The molecule has 0 unspecified atom stereocenters. The van der Waals surface area contributed by atoms with Gasteiger partial charge in [-0.25, -0.2) is 4.98 Å². The lowest BCUT2D eigenvalue weighted by Crippen LogP contribution is -2.51. The molecular formula is C24H33N5O. The lowest BCUT2D eigenvalue weighted by atomic mass is 9.93. The van der Waals surface area contributed by atoms with Gasteiger partial charge in [0, 0.05) is 44.6 Å². The molecule has 2 aliphatic heterocycles. The maximum atomic E-state index is 12.7. The Morgan fingerprint density at radius 1 is 1.07 bits per heavy atom. The quantitative estimate of drug-likeness (QED) is 0.798. The number of hydrogen-bond acceptors (Lipinski definition) is 5. The Morgan fingerprint density at radius 2 is 1.83 bits per heavy atom. The zero-order valence-corrected chi connectivity index (χ0v) is 18.0. The summed E-state index contributed by atoms with van der Waals surface area (Å²) in [6, 6.07) is 10.9. The maximum absolute atomic E-state index is 12.7. The molecule has 0 radical (unpaired) electrons. The highest BCUT2D eigenvalue weighted by molar-refractivity contribution is 5.79. The average Bonchev–Trinajstić information content (AvgIpc) is 2.80. The second-order valence-electron chi connectivity index (χ2n) is 8.54. The van der Waals surface area contributed by atoms with Crippen LogP contribution in [-0.4, -0.2) is 59.5 Å². The van der Waals surface area contributed by atoms with Gasteiger partial charge in [0.15, 0.2) is 0 Å². The number of rotatable bonds is 6. The van der Waals surface area contributed by atoms with E-state index >= 15 is 0 Å². The lowest BCUT2D eigenvalue weighted by molar-refractivity contribution is -0.127. The van der Waals surface area contributed by atoms with E-state index in [4.69, 9.17) is 0 Å². The van der Waals surface area contributed by atoms with E-state index in [2.05, 4.69) is 37.2 Å². The van der Waals surface area contributed by atoms with Gasteiger partial charge >= 0.3 is 0 Å². The first-order chi connectivity index (χ1) is 14.7. The molecule has 1 amide bonds. The van der Waals surface area contributed by atoms with Crippen LogP contribution in [-0.2, 0) is 11.2 Å². The first kappa shape index (κ1) is 20.8. The molecule has 0 spiro atoms. The predicted molar refractivity (Wildman–Crippen MR) is 119 cm³/mol. The number of carbonyl (C=O) groups is 1. The zero-order valence-electron chi connectivity index (χ0n) is 18.0. The minimum Gasteiger partial charge on any atom is -0.355 e. The Morgan fingerprint density at radius 3 is 2.60 bits per heavy atom. The van der Waals surface area contributed by atoms with Gasteiger partial charge < -0.3 is 10.2 Å². The van der Waals surface area contributed by atoms with Crippen molar-refractivity contribution in [2.24, 2.45) is 5.92 Å². The van der Waals surface area contributed by atoms with Crippen LogP contribution in [0, 0.1) is 12.8 Å². The van der Waals surface area contributed by atoms with Crippen LogP contribution in [0.15, 0.2) is 42.7 Å². The summed E-state index contributed by atoms with van der Waals surface area (Å²) in [7, 11) is 0. The third kappa shape index (κ3) is 5.17. The third-order valence-corrected chi connectivity index (χ3v) is 6.52. The number of carbonyl (C=O) groups excluding carboxylic acids is 1. The van der Waals surface area contributed by atoms with Crippen LogP contribution in [0.1, 0.15) is 36.9 Å². The normalized spacial score (nSPS) is 20.8. The number of hydrogen-bond donors (Lipinski definition) is 1. The molecule has 3 heterocycles. The minimum atomic E-state index is 0.120. The van der Waals surface area contributed by atoms with Crippen molar-refractivity contribution >= 4 is 11.7 Å². The van der Waals surface area contributed by atoms with E-state index in [1.54, 1.807) is 12.4 Å². The number of piperidine rings is 2. The molecule has 1 atom stereocenters. The summed E-state index contributed by atoms with van der Waals surface area (Å²) < 4.78 is 0. The molecule has 2 aromatic rings. The van der Waals surface area contributed by atoms with Gasteiger partial charge in [0.05, 0.1) is 11.6 Å². The topological polar surface area (TPSA) is 61.4 Å². The molecule has 2 saturated heterocycles. The fraction of sp³-hybridized carbons (Fsp3) is 0.542. The van der Waals surface area contributed by atoms with E-state index in [0.717, 1.165) is 76.3 Å². The number of amides is 1. The maximum Gasteiger partial charge on any atom is 0.224 e. The van der Waals surface area contributed by atoms with Gasteiger partial charge in [-0.3, -0.25) is 14.7 Å². The number of nitrogens with zero attached hydrogens (tertiary/aromatic N) is 4. The van der Waals surface area contributed by atoms with Gasteiger partial charge in [-0.15, -0.1) is 0 Å². The highest BCUT2D eigenvalue weighted by Crippen LogP contribution is 2.26. The molecule has 30 heavy (non-hydrogen) atoms. The number of benzene rings is 1. The van der Waals surface area contributed by atoms with Crippen LogP contribution in [0.4, 0.5) is 5.82 Å². The van der Waals surface area contributed by atoms with E-state index < -0.39 is 0 Å². The van der Waals surface area contributed by atoms with Crippen molar-refractivity contribution in [1.82, 2.24) is 20.2 Å². The largest absolute Gasteiger partial charge is 0.355 e. The summed E-state index contributed by atoms with van der Waals surface area (Å²) in [6.45, 7) is 6.77. The van der Waals surface area contributed by atoms with Crippen LogP contribution in [0.25, 0.3) is 0 Å². The monoisotopic (exact) mass is 407 g/mol. The average molecular weight is 408 g/mol. The van der Waals surface area contributed by atoms with Crippen molar-refractivity contribution < 1.29 is 4.79 Å². The molecule has 1 aromatic heterocycles. The Balaban J connectivity index is 1.24. The second kappa shape index (κ2) is 10.0. The van der Waals surface area contributed by atoms with E-state index in [-0.39, 0.29) is 11.8 Å². The van der Waals surface area contributed by atoms with Crippen molar-refractivity contribution in [3.05, 3.63) is 54.0 Å². The number of nitrogens with one attached hydrogen (secondary N) is 1. The first-order valence-corrected chi connectivity index (χ1v) is 11.3. The lowest BCUT2D eigenvalue weighted by Gasteiger charge is -2.42. The van der Waals surface area contributed by atoms with Crippen LogP contribution < -0.4 is 10.2 Å². The molecule has 0 aliphatic carbocycles. The van der Waals surface area contributed by atoms with Crippen molar-refractivity contribution in [3.63, 3.8) is 0 Å². The molecule has 0 saturated carbocycles. The van der Waals surface area contributed by atoms with Crippen LogP contribution in [0.3, 0.4) is 0 Å². The second-order valence-corrected chi connectivity index (χ2v) is 8.54. The van der Waals surface area contributed by atoms with Gasteiger partial charge in [-0.2, -0.15) is 0 Å². The molecule has 6 heteroatoms. The number of anilines is 1. The summed E-state index contributed by atoms with van der Waals surface area (Å²) in [5, 5.41) is 3.17. The number of aromatic nitrogens is 2.